The summed E-state index contributed by atoms with van der Waals surface area (Å²) >= 11 is 2.33. The Bertz CT molecular complexity index is 946. The Kier molecular flexibility index (Phi) is 4.65. The van der Waals surface area contributed by atoms with Crippen molar-refractivity contribution < 1.29 is 13.2 Å². The van der Waals surface area contributed by atoms with Gasteiger partial charge < -0.3 is 0 Å². The van der Waals surface area contributed by atoms with E-state index in [2.05, 4.69) is 15.0 Å². The summed E-state index contributed by atoms with van der Waals surface area (Å²) in [4.78, 5) is 16.3. The molecule has 2 N–H and O–H groups in total. The van der Waals surface area contributed by atoms with E-state index in [0.717, 1.165) is 16.9 Å². The molecule has 0 radical (unpaired) electrons. The lowest BCUT2D eigenvalue weighted by molar-refractivity contribution is 0.102. The molecule has 2 heterocycles. The van der Waals surface area contributed by atoms with Crippen LogP contribution in [0.2, 0.25) is 0 Å². The van der Waals surface area contributed by atoms with Crippen molar-refractivity contribution in [1.29, 1.82) is 0 Å². The van der Waals surface area contributed by atoms with Gasteiger partial charge in [-0.3, -0.25) is 14.8 Å². The lowest BCUT2D eigenvalue weighted by atomic mass is 10.2. The summed E-state index contributed by atoms with van der Waals surface area (Å²) < 4.78 is 27.6. The molecule has 9 heteroatoms. The maximum absolute atomic E-state index is 12.6. The number of hydrogen-bond acceptors (Lipinski definition) is 6. The molecule has 0 aliphatic carbocycles. The van der Waals surface area contributed by atoms with E-state index in [0.29, 0.717) is 10.8 Å². The van der Waals surface area contributed by atoms with E-state index >= 15 is 0 Å². The van der Waals surface area contributed by atoms with Crippen LogP contribution >= 0.6 is 22.7 Å². The quantitative estimate of drug-likeness (QED) is 0.709. The molecule has 2 aromatic heterocycles. The molecule has 24 heavy (non-hydrogen) atoms. The first-order valence-corrected chi connectivity index (χ1v) is 10.1. The Morgan fingerprint density at radius 1 is 1.08 bits per heavy atom. The van der Waals surface area contributed by atoms with Crippen LogP contribution in [0.15, 0.2) is 52.2 Å². The fourth-order valence-corrected chi connectivity index (χ4v) is 4.85. The Morgan fingerprint density at radius 3 is 2.50 bits per heavy atom. The molecule has 0 aliphatic heterocycles. The van der Waals surface area contributed by atoms with Gasteiger partial charge in [0.2, 0.25) is 0 Å². The van der Waals surface area contributed by atoms with Gasteiger partial charge in [-0.1, -0.05) is 17.7 Å². The zero-order chi connectivity index (χ0) is 17.2. The van der Waals surface area contributed by atoms with Crippen molar-refractivity contribution in [1.82, 2.24) is 4.98 Å². The summed E-state index contributed by atoms with van der Waals surface area (Å²) in [6, 6.07) is 8.38. The van der Waals surface area contributed by atoms with Crippen LogP contribution in [0.4, 0.5) is 10.8 Å². The van der Waals surface area contributed by atoms with Gasteiger partial charge in [-0.25, -0.2) is 13.4 Å². The average Bonchev–Trinajstić information content (AvgIpc) is 3.20. The number of carbonyl (C=O) groups excluding carboxylic acids is 1. The highest BCUT2D eigenvalue weighted by molar-refractivity contribution is 7.93. The number of hydrogen-bond donors (Lipinski definition) is 2. The summed E-state index contributed by atoms with van der Waals surface area (Å²) in [5.41, 5.74) is 1.47. The second-order valence-electron chi connectivity index (χ2n) is 4.88. The Hall–Kier alpha value is -2.23. The van der Waals surface area contributed by atoms with Crippen molar-refractivity contribution in [2.75, 3.05) is 10.0 Å². The lowest BCUT2D eigenvalue weighted by Crippen LogP contribution is -2.18. The zero-order valence-corrected chi connectivity index (χ0v) is 15.0. The van der Waals surface area contributed by atoms with Gasteiger partial charge in [-0.2, -0.15) is 0 Å². The molecule has 0 atom stereocenters. The fourth-order valence-electron chi connectivity index (χ4n) is 1.95. The summed E-state index contributed by atoms with van der Waals surface area (Å²) in [5.74, 6) is -0.496. The van der Waals surface area contributed by atoms with Crippen molar-refractivity contribution in [3.8, 4) is 0 Å². The van der Waals surface area contributed by atoms with Gasteiger partial charge in [0.05, 0.1) is 0 Å². The van der Waals surface area contributed by atoms with Crippen LogP contribution in [0.3, 0.4) is 0 Å². The second-order valence-corrected chi connectivity index (χ2v) is 8.34. The minimum absolute atomic E-state index is 0.0536. The van der Waals surface area contributed by atoms with Gasteiger partial charge in [0, 0.05) is 17.3 Å². The first-order chi connectivity index (χ1) is 11.5. The number of aryl methyl sites for hydroxylation is 1. The number of anilines is 2. The largest absolute Gasteiger partial charge is 0.297 e. The number of rotatable bonds is 5. The van der Waals surface area contributed by atoms with Gasteiger partial charge in [0.25, 0.3) is 15.9 Å². The predicted molar refractivity (Wildman–Crippen MR) is 96.4 cm³/mol. The molecule has 124 valence electrons. The van der Waals surface area contributed by atoms with Gasteiger partial charge in [0.1, 0.15) is 9.77 Å². The third-order valence-electron chi connectivity index (χ3n) is 3.08. The van der Waals surface area contributed by atoms with E-state index in [1.165, 1.54) is 17.4 Å². The normalized spacial score (nSPS) is 11.2. The number of thiazole rings is 1. The lowest BCUT2D eigenvalue weighted by Gasteiger charge is -2.09. The van der Waals surface area contributed by atoms with Crippen molar-refractivity contribution >= 4 is 49.4 Å². The highest BCUT2D eigenvalue weighted by Gasteiger charge is 2.24. The van der Waals surface area contributed by atoms with E-state index < -0.39 is 15.9 Å². The smallest absolute Gasteiger partial charge is 0.268 e. The monoisotopic (exact) mass is 379 g/mol. The number of benzene rings is 1. The summed E-state index contributed by atoms with van der Waals surface area (Å²) in [6.07, 6.45) is 1.56. The number of carbonyl (C=O) groups is 1. The topological polar surface area (TPSA) is 88.2 Å². The molecule has 0 bridgehead atoms. The maximum atomic E-state index is 12.6. The maximum Gasteiger partial charge on any atom is 0.268 e. The van der Waals surface area contributed by atoms with Crippen molar-refractivity contribution in [3.05, 3.63) is 57.7 Å². The Morgan fingerprint density at radius 2 is 1.83 bits per heavy atom. The van der Waals surface area contributed by atoms with E-state index in [4.69, 9.17) is 0 Å². The molecule has 1 aromatic carbocycles. The number of aromatic nitrogens is 1. The molecule has 3 aromatic rings. The van der Waals surface area contributed by atoms with Crippen LogP contribution < -0.4 is 10.0 Å². The summed E-state index contributed by atoms with van der Waals surface area (Å²) in [7, 11) is -3.85. The number of amides is 1. The van der Waals surface area contributed by atoms with Crippen molar-refractivity contribution in [2.45, 2.75) is 11.8 Å². The number of nitrogens with zero attached hydrogens (tertiary/aromatic N) is 1. The van der Waals surface area contributed by atoms with Crippen LogP contribution in [0, 0.1) is 6.92 Å². The van der Waals surface area contributed by atoms with Gasteiger partial charge in [-0.05, 0) is 30.5 Å². The highest BCUT2D eigenvalue weighted by Crippen LogP contribution is 2.26. The number of thiophene rings is 1. The standard InChI is InChI=1S/C15H13N3O3S3/c1-10-2-4-11(5-3-10)18-24(20,21)12-6-8-22-13(12)14(19)17-15-16-7-9-23-15/h2-9,18H,1H3,(H,16,17,19). The van der Waals surface area contributed by atoms with Crippen LogP contribution in [-0.4, -0.2) is 19.3 Å². The van der Waals surface area contributed by atoms with E-state index in [-0.39, 0.29) is 9.77 Å². The molecule has 0 fully saturated rings. The predicted octanol–water partition coefficient (Wildman–Crippen LogP) is 3.57. The number of sulfonamides is 1. The molecule has 0 saturated heterocycles. The molecule has 1 amide bonds. The van der Waals surface area contributed by atoms with E-state index in [9.17, 15) is 13.2 Å². The third kappa shape index (κ3) is 3.64. The Balaban J connectivity index is 1.85. The molecule has 3 rings (SSSR count). The van der Waals surface area contributed by atoms with E-state index in [1.807, 2.05) is 19.1 Å². The summed E-state index contributed by atoms with van der Waals surface area (Å²) in [6.45, 7) is 1.91. The molecule has 0 unspecified atom stereocenters. The molecular weight excluding hydrogens is 366 g/mol. The fraction of sp³-hybridized carbons (Fsp3) is 0.0667. The van der Waals surface area contributed by atoms with Crippen LogP contribution in [-0.2, 0) is 10.0 Å². The van der Waals surface area contributed by atoms with Gasteiger partial charge in [-0.15, -0.1) is 22.7 Å². The zero-order valence-electron chi connectivity index (χ0n) is 12.5. The van der Waals surface area contributed by atoms with Crippen LogP contribution in [0.5, 0.6) is 0 Å². The Labute approximate surface area is 147 Å². The van der Waals surface area contributed by atoms with Crippen LogP contribution in [0.25, 0.3) is 0 Å². The van der Waals surface area contributed by atoms with E-state index in [1.54, 1.807) is 29.1 Å². The SMILES string of the molecule is Cc1ccc(NS(=O)(=O)c2ccsc2C(=O)Nc2nccs2)cc1. The second kappa shape index (κ2) is 6.71. The van der Waals surface area contributed by atoms with Crippen molar-refractivity contribution in [2.24, 2.45) is 0 Å². The first-order valence-electron chi connectivity index (χ1n) is 6.83. The van der Waals surface area contributed by atoms with Gasteiger partial charge in [0.15, 0.2) is 5.13 Å². The molecular formula is C15H13N3O3S3. The van der Waals surface area contributed by atoms with Crippen molar-refractivity contribution in [3.63, 3.8) is 0 Å². The third-order valence-corrected chi connectivity index (χ3v) is 6.24. The minimum Gasteiger partial charge on any atom is -0.297 e. The molecule has 6 nitrogen and oxygen atoms in total. The van der Waals surface area contributed by atoms with Crippen LogP contribution in [0.1, 0.15) is 15.2 Å². The van der Waals surface area contributed by atoms with Gasteiger partial charge >= 0.3 is 0 Å². The summed E-state index contributed by atoms with van der Waals surface area (Å²) in [5, 5.41) is 6.31. The molecule has 0 aliphatic rings. The first kappa shape index (κ1) is 16.6. The molecule has 0 spiro atoms. The molecule has 0 saturated carbocycles. The average molecular weight is 379 g/mol. The highest BCUT2D eigenvalue weighted by atomic mass is 32.2. The minimum atomic E-state index is -3.85. The number of nitrogens with one attached hydrogen (secondary N) is 2.